The van der Waals surface area contributed by atoms with Gasteiger partial charge in [0.25, 0.3) is 0 Å². The zero-order valence-electron chi connectivity index (χ0n) is 13.1. The minimum atomic E-state index is -3.87. The van der Waals surface area contributed by atoms with E-state index < -0.39 is 18.2 Å². The summed E-state index contributed by atoms with van der Waals surface area (Å²) in [5.41, 5.74) is 0.990. The van der Waals surface area contributed by atoms with Gasteiger partial charge in [-0.3, -0.25) is 0 Å². The van der Waals surface area contributed by atoms with Gasteiger partial charge >= 0.3 is 10.1 Å². The Bertz CT molecular complexity index is 778. The average Bonchev–Trinajstić information content (AvgIpc) is 2.37. The Morgan fingerprint density at radius 2 is 1.59 bits per heavy atom. The third kappa shape index (κ3) is 3.72. The summed E-state index contributed by atoms with van der Waals surface area (Å²) in [6.07, 6.45) is 0. The second-order valence-electron chi connectivity index (χ2n) is 6.21. The monoisotopic (exact) mass is 354 g/mol. The molecule has 0 fully saturated rings. The minimum absolute atomic E-state index is 0.139. The molecule has 0 heterocycles. The summed E-state index contributed by atoms with van der Waals surface area (Å²) in [6.45, 7) is 8.19. The third-order valence-corrected chi connectivity index (χ3v) is 6.97. The number of halogens is 1. The fourth-order valence-electron chi connectivity index (χ4n) is 2.17. The SMILES string of the molecule is Cc1ccc(S(=O)(=O)Oc2cccc(Cl)c2[Si](C)(C)C)cc1. The van der Waals surface area contributed by atoms with Gasteiger partial charge in [0, 0.05) is 10.2 Å². The van der Waals surface area contributed by atoms with Crippen LogP contribution in [0.4, 0.5) is 0 Å². The predicted molar refractivity (Wildman–Crippen MR) is 93.4 cm³/mol. The van der Waals surface area contributed by atoms with E-state index in [0.29, 0.717) is 10.8 Å². The summed E-state index contributed by atoms with van der Waals surface area (Å²) in [7, 11) is -5.72. The first kappa shape index (κ1) is 17.1. The van der Waals surface area contributed by atoms with Crippen molar-refractivity contribution in [3.8, 4) is 5.75 Å². The maximum absolute atomic E-state index is 12.5. The van der Waals surface area contributed by atoms with E-state index >= 15 is 0 Å². The molecule has 0 N–H and O–H groups in total. The molecule has 2 aromatic rings. The molecule has 2 aromatic carbocycles. The summed E-state index contributed by atoms with van der Waals surface area (Å²) in [5.74, 6) is 0.326. The number of hydrogen-bond donors (Lipinski definition) is 0. The van der Waals surface area contributed by atoms with Crippen LogP contribution < -0.4 is 9.37 Å². The molecular weight excluding hydrogens is 336 g/mol. The molecule has 0 aliphatic carbocycles. The Hall–Kier alpha value is -1.30. The van der Waals surface area contributed by atoms with Crippen LogP contribution in [0.25, 0.3) is 0 Å². The van der Waals surface area contributed by atoms with E-state index in [1.54, 1.807) is 42.5 Å². The highest BCUT2D eigenvalue weighted by molar-refractivity contribution is 7.87. The highest BCUT2D eigenvalue weighted by Gasteiger charge is 2.27. The lowest BCUT2D eigenvalue weighted by Gasteiger charge is -2.22. The van der Waals surface area contributed by atoms with Crippen LogP contribution in [0.2, 0.25) is 24.7 Å². The van der Waals surface area contributed by atoms with Crippen molar-refractivity contribution in [3.63, 3.8) is 0 Å². The van der Waals surface area contributed by atoms with Crippen LogP contribution in [0.3, 0.4) is 0 Å². The molecule has 0 radical (unpaired) electrons. The molecular formula is C16H19ClO3SSi. The summed E-state index contributed by atoms with van der Waals surface area (Å²) in [4.78, 5) is 0.139. The number of aryl methyl sites for hydroxylation is 1. The Labute approximate surface area is 138 Å². The average molecular weight is 355 g/mol. The summed E-state index contributed by atoms with van der Waals surface area (Å²) in [6, 6.07) is 11.7. The second-order valence-corrected chi connectivity index (χ2v) is 13.2. The van der Waals surface area contributed by atoms with Crippen LogP contribution in [0.1, 0.15) is 5.56 Å². The Morgan fingerprint density at radius 3 is 2.14 bits per heavy atom. The van der Waals surface area contributed by atoms with E-state index in [-0.39, 0.29) is 4.90 Å². The molecule has 3 nitrogen and oxygen atoms in total. The van der Waals surface area contributed by atoms with Crippen molar-refractivity contribution in [1.29, 1.82) is 0 Å². The molecule has 0 saturated carbocycles. The molecule has 0 aliphatic rings. The van der Waals surface area contributed by atoms with Gasteiger partial charge in [0.1, 0.15) is 10.6 Å². The van der Waals surface area contributed by atoms with E-state index in [4.69, 9.17) is 15.8 Å². The lowest BCUT2D eigenvalue weighted by Crippen LogP contribution is -2.40. The van der Waals surface area contributed by atoms with E-state index in [0.717, 1.165) is 10.8 Å². The van der Waals surface area contributed by atoms with Crippen LogP contribution in [-0.4, -0.2) is 16.5 Å². The topological polar surface area (TPSA) is 43.4 Å². The molecule has 0 atom stereocenters. The number of benzene rings is 2. The van der Waals surface area contributed by atoms with Gasteiger partial charge in [0.2, 0.25) is 0 Å². The molecule has 2 rings (SSSR count). The number of rotatable bonds is 4. The largest absolute Gasteiger partial charge is 0.379 e. The molecule has 22 heavy (non-hydrogen) atoms. The van der Waals surface area contributed by atoms with Gasteiger partial charge in [0.15, 0.2) is 0 Å². The maximum atomic E-state index is 12.5. The van der Waals surface area contributed by atoms with Crippen molar-refractivity contribution in [1.82, 2.24) is 0 Å². The lowest BCUT2D eigenvalue weighted by molar-refractivity contribution is 0.488. The molecule has 118 valence electrons. The van der Waals surface area contributed by atoms with Gasteiger partial charge in [-0.2, -0.15) is 8.42 Å². The quantitative estimate of drug-likeness (QED) is 0.616. The third-order valence-electron chi connectivity index (χ3n) is 3.23. The zero-order valence-corrected chi connectivity index (χ0v) is 15.6. The first-order valence-corrected chi connectivity index (χ1v) is 12.2. The summed E-state index contributed by atoms with van der Waals surface area (Å²) in [5, 5.41) is 1.36. The predicted octanol–water partition coefficient (Wildman–Crippen LogP) is 3.96. The second kappa shape index (κ2) is 6.06. The van der Waals surface area contributed by atoms with Crippen LogP contribution in [0, 0.1) is 6.92 Å². The lowest BCUT2D eigenvalue weighted by atomic mass is 10.2. The van der Waals surface area contributed by atoms with Crippen LogP contribution >= 0.6 is 11.6 Å². The molecule has 0 aliphatic heterocycles. The zero-order chi connectivity index (χ0) is 16.5. The van der Waals surface area contributed by atoms with Crippen LogP contribution in [0.5, 0.6) is 5.75 Å². The smallest absolute Gasteiger partial charge is 0.339 e. The molecule has 0 spiro atoms. The van der Waals surface area contributed by atoms with Crippen LogP contribution in [0.15, 0.2) is 47.4 Å². The number of hydrogen-bond acceptors (Lipinski definition) is 3. The molecule has 0 amide bonds. The van der Waals surface area contributed by atoms with Gasteiger partial charge < -0.3 is 4.18 Å². The molecule has 0 saturated heterocycles. The molecule has 6 heteroatoms. The van der Waals surface area contributed by atoms with Crippen LogP contribution in [-0.2, 0) is 10.1 Å². The van der Waals surface area contributed by atoms with Gasteiger partial charge in [0.05, 0.1) is 8.07 Å². The first-order valence-electron chi connectivity index (χ1n) is 6.91. The Kier molecular flexibility index (Phi) is 4.70. The summed E-state index contributed by atoms with van der Waals surface area (Å²) < 4.78 is 30.3. The highest BCUT2D eigenvalue weighted by atomic mass is 35.5. The molecule has 0 aromatic heterocycles. The molecule has 0 unspecified atom stereocenters. The highest BCUT2D eigenvalue weighted by Crippen LogP contribution is 2.24. The van der Waals surface area contributed by atoms with Gasteiger partial charge in [-0.05, 0) is 31.2 Å². The van der Waals surface area contributed by atoms with Gasteiger partial charge in [-0.1, -0.05) is 55.0 Å². The van der Waals surface area contributed by atoms with Crippen molar-refractivity contribution < 1.29 is 12.6 Å². The fourth-order valence-corrected chi connectivity index (χ4v) is 5.88. The standard InChI is InChI=1S/C16H19ClO3SSi/c1-12-8-10-13(11-9-12)21(18,19)20-15-7-5-6-14(17)16(15)22(2,3)4/h5-11H,1-4H3. The van der Waals surface area contributed by atoms with E-state index in [1.807, 2.05) is 6.92 Å². The maximum Gasteiger partial charge on any atom is 0.339 e. The van der Waals surface area contributed by atoms with Crippen molar-refractivity contribution in [3.05, 3.63) is 53.1 Å². The van der Waals surface area contributed by atoms with Gasteiger partial charge in [-0.25, -0.2) is 0 Å². The van der Waals surface area contributed by atoms with Crippen molar-refractivity contribution in [2.24, 2.45) is 0 Å². The fraction of sp³-hybridized carbons (Fsp3) is 0.250. The van der Waals surface area contributed by atoms with Crippen molar-refractivity contribution >= 4 is 35.0 Å². The Morgan fingerprint density at radius 1 is 1.00 bits per heavy atom. The van der Waals surface area contributed by atoms with Crippen molar-refractivity contribution in [2.45, 2.75) is 31.5 Å². The van der Waals surface area contributed by atoms with E-state index in [9.17, 15) is 8.42 Å². The van der Waals surface area contributed by atoms with E-state index in [1.165, 1.54) is 0 Å². The Balaban J connectivity index is 2.47. The molecule has 0 bridgehead atoms. The summed E-state index contributed by atoms with van der Waals surface area (Å²) >= 11 is 6.27. The van der Waals surface area contributed by atoms with Crippen molar-refractivity contribution in [2.75, 3.05) is 0 Å². The normalized spacial score (nSPS) is 12.2. The first-order chi connectivity index (χ1) is 10.1. The minimum Gasteiger partial charge on any atom is -0.379 e. The van der Waals surface area contributed by atoms with E-state index in [2.05, 4.69) is 19.6 Å². The van der Waals surface area contributed by atoms with Gasteiger partial charge in [-0.15, -0.1) is 0 Å².